The molecule has 0 radical (unpaired) electrons. The van der Waals surface area contributed by atoms with Crippen LogP contribution >= 0.6 is 27.0 Å². The Bertz CT molecular complexity index is 1060. The van der Waals surface area contributed by atoms with Crippen LogP contribution in [0, 0.1) is 6.92 Å². The van der Waals surface area contributed by atoms with Gasteiger partial charge >= 0.3 is 0 Å². The Balaban J connectivity index is 0.000000441. The second kappa shape index (κ2) is 17.0. The van der Waals surface area contributed by atoms with E-state index in [1.165, 1.54) is 15.4 Å². The number of benzene rings is 2. The van der Waals surface area contributed by atoms with Gasteiger partial charge in [-0.3, -0.25) is 0 Å². The quantitative estimate of drug-likeness (QED) is 0.333. The first-order valence-corrected chi connectivity index (χ1v) is 14.2. The monoisotopic (exact) mass is 598 g/mol. The molecule has 2 aliphatic rings. The van der Waals surface area contributed by atoms with Crippen molar-refractivity contribution in [2.45, 2.75) is 94.2 Å². The summed E-state index contributed by atoms with van der Waals surface area (Å²) >= 11 is 0. The fourth-order valence-corrected chi connectivity index (χ4v) is 6.25. The van der Waals surface area contributed by atoms with Gasteiger partial charge in [-0.1, -0.05) is 80.5 Å². The summed E-state index contributed by atoms with van der Waals surface area (Å²) in [6, 6.07) is 14.8. The summed E-state index contributed by atoms with van der Waals surface area (Å²) in [5.41, 5.74) is 1.40. The number of hydrogen-bond acceptors (Lipinski definition) is 5. The zero-order valence-corrected chi connectivity index (χ0v) is 26.5. The molecule has 0 amide bonds. The zero-order chi connectivity index (χ0) is 32.8. The Morgan fingerprint density at radius 2 is 1.02 bits per heavy atom. The van der Waals surface area contributed by atoms with Gasteiger partial charge in [-0.15, -0.1) is 0 Å². The third kappa shape index (κ3) is 10.6. The van der Waals surface area contributed by atoms with Gasteiger partial charge in [0.2, 0.25) is 0 Å². The normalized spacial score (nSPS) is 22.3. The van der Waals surface area contributed by atoms with E-state index in [0.717, 1.165) is 62.5 Å². The second-order valence-electron chi connectivity index (χ2n) is 11.7. The highest BCUT2D eigenvalue weighted by atomic mass is 32.1. The number of aryl methyl sites for hydroxylation is 1. The maximum atomic E-state index is 11.2. The van der Waals surface area contributed by atoms with Gasteiger partial charge < -0.3 is 25.1 Å². The zero-order valence-electron chi connectivity index (χ0n) is 30.5. The minimum absolute atomic E-state index is 0. The number of likely N-dealkylation sites (N-methyl/N-ethyl adjacent to an activating group) is 2. The van der Waals surface area contributed by atoms with E-state index in [1.54, 1.807) is 38.4 Å². The summed E-state index contributed by atoms with van der Waals surface area (Å²) in [4.78, 5) is 2.70. The number of aromatic hydroxyl groups is 1. The first kappa shape index (κ1) is 27.6. The lowest BCUT2D eigenvalue weighted by Gasteiger charge is -2.40. The maximum Gasteiger partial charge on any atom is 0.115 e. The van der Waals surface area contributed by atoms with Crippen molar-refractivity contribution in [1.29, 1.82) is 0 Å². The van der Waals surface area contributed by atoms with Crippen LogP contribution in [0.1, 0.15) is 101 Å². The first-order chi connectivity index (χ1) is 20.4. The summed E-state index contributed by atoms with van der Waals surface area (Å²) in [5, 5.41) is 31.7. The number of aliphatic hydroxyl groups is 2. The van der Waals surface area contributed by atoms with E-state index in [-0.39, 0.29) is 51.1 Å². The van der Waals surface area contributed by atoms with Crippen molar-refractivity contribution in [1.82, 2.24) is 9.80 Å². The van der Waals surface area contributed by atoms with Gasteiger partial charge in [0.25, 0.3) is 0 Å². The van der Waals surface area contributed by atoms with E-state index in [9.17, 15) is 15.3 Å². The number of phenols is 1. The van der Waals surface area contributed by atoms with Gasteiger partial charge in [0.1, 0.15) is 5.75 Å². The Kier molecular flexibility index (Phi) is 11.8. The summed E-state index contributed by atoms with van der Waals surface area (Å²) in [5.74, 6) is -0.278. The molecule has 2 saturated carbocycles. The third-order valence-corrected chi connectivity index (χ3v) is 8.42. The molecule has 0 heterocycles. The van der Waals surface area contributed by atoms with Crippen LogP contribution in [-0.4, -0.2) is 77.5 Å². The van der Waals surface area contributed by atoms with E-state index in [2.05, 4.69) is 0 Å². The van der Waals surface area contributed by atoms with Crippen LogP contribution in [0.5, 0.6) is 5.75 Å². The van der Waals surface area contributed by atoms with Gasteiger partial charge in [-0.05, 0) is 83.9 Å². The molecule has 4 rings (SSSR count). The average Bonchev–Trinajstić information content (AvgIpc) is 2.95. The maximum absolute atomic E-state index is 11.2. The summed E-state index contributed by atoms with van der Waals surface area (Å²) in [7, 11) is 3.17. The summed E-state index contributed by atoms with van der Waals surface area (Å²) in [6.07, 6.45) is 9.08. The van der Waals surface area contributed by atoms with Gasteiger partial charge in [0.05, 0.1) is 11.2 Å². The molecular weight excluding hydrogens is 537 g/mol. The second-order valence-corrected chi connectivity index (χ2v) is 11.7. The van der Waals surface area contributed by atoms with Crippen LogP contribution in [0.25, 0.3) is 0 Å². The highest BCUT2D eigenvalue weighted by Gasteiger charge is 2.39. The largest absolute Gasteiger partial charge is 0.508 e. The number of hydrogen-bond donors (Lipinski definition) is 3. The van der Waals surface area contributed by atoms with Gasteiger partial charge in [-0.2, -0.15) is 27.0 Å². The number of nitrogens with zero attached hydrogens (tertiary/aromatic N) is 2. The molecule has 2 aliphatic carbocycles. The highest BCUT2D eigenvalue weighted by molar-refractivity contribution is 7.59. The summed E-state index contributed by atoms with van der Waals surface area (Å²) < 4.78 is 45.4. The molecule has 0 aromatic heterocycles. The van der Waals surface area contributed by atoms with Gasteiger partial charge in [0, 0.05) is 33.1 Å². The fourth-order valence-electron chi connectivity index (χ4n) is 6.25. The number of phenolic OH excluding ortho intramolecular Hbond substituents is 1. The standard InChI is InChI=1S/C17H27NO.C16H25NO2.2H2S/c1-14-7-9-15(10-8-14)16(13-18(2)3)17(19)11-5-4-6-12-17;1-17(2)12-15(13-6-8-14(18)9-7-13)16(19)10-4-3-5-11-16;;/h7-10,16,19H,4-6,11-13H2,1-3H3;6-9,15,18-19H,3-5,10-12H2,1-2H3;2*1H2/t16-;15-;;/m11../s1/i2D3;1D3;;. The molecule has 3 N–H and O–H groups in total. The van der Waals surface area contributed by atoms with E-state index in [4.69, 9.17) is 8.22 Å². The van der Waals surface area contributed by atoms with Crippen molar-refractivity contribution in [2.75, 3.05) is 41.1 Å². The molecule has 5 nitrogen and oxygen atoms in total. The molecule has 0 unspecified atom stereocenters. The van der Waals surface area contributed by atoms with Gasteiger partial charge in [-0.25, -0.2) is 0 Å². The third-order valence-electron chi connectivity index (χ3n) is 8.42. The summed E-state index contributed by atoms with van der Waals surface area (Å²) in [6.45, 7) is -1.68. The molecule has 40 heavy (non-hydrogen) atoms. The van der Waals surface area contributed by atoms with E-state index < -0.39 is 25.2 Å². The Hall–Kier alpha value is -1.22. The lowest BCUT2D eigenvalue weighted by molar-refractivity contribution is -0.0280. The minimum Gasteiger partial charge on any atom is -0.508 e. The van der Waals surface area contributed by atoms with Crippen molar-refractivity contribution in [3.63, 3.8) is 0 Å². The van der Waals surface area contributed by atoms with Crippen molar-refractivity contribution >= 4 is 27.0 Å². The number of rotatable bonds is 8. The molecule has 0 saturated heterocycles. The predicted molar refractivity (Wildman–Crippen MR) is 179 cm³/mol. The lowest BCUT2D eigenvalue weighted by atomic mass is 9.72. The van der Waals surface area contributed by atoms with Crippen molar-refractivity contribution < 1.29 is 23.5 Å². The van der Waals surface area contributed by atoms with Crippen molar-refractivity contribution in [3.05, 3.63) is 65.2 Å². The Morgan fingerprint density at radius 1 is 0.675 bits per heavy atom. The van der Waals surface area contributed by atoms with Crippen LogP contribution in [0.2, 0.25) is 0 Å². The van der Waals surface area contributed by atoms with Crippen LogP contribution in [0.3, 0.4) is 0 Å². The Labute approximate surface area is 266 Å². The molecular formula is C33H56N2O3S2. The minimum atomic E-state index is -2.18. The van der Waals surface area contributed by atoms with Gasteiger partial charge in [0.15, 0.2) is 0 Å². The molecule has 0 aliphatic heterocycles. The highest BCUT2D eigenvalue weighted by Crippen LogP contribution is 2.41. The topological polar surface area (TPSA) is 67.2 Å². The predicted octanol–water partition coefficient (Wildman–Crippen LogP) is 6.29. The van der Waals surface area contributed by atoms with Crippen molar-refractivity contribution in [3.8, 4) is 5.75 Å². The molecule has 0 bridgehead atoms. The SMILES string of the molecule is S.S.[2H]C([2H])([2H])N(C)C[C@H](c1ccc(C)cc1)C1(O)CCCCC1.[2H]C([2H])([2H])N(C)C[C@H](c1ccc(O)cc1)C1(O)CCCCC1. The van der Waals surface area contributed by atoms with Crippen LogP contribution in [0.4, 0.5) is 0 Å². The van der Waals surface area contributed by atoms with Crippen LogP contribution in [-0.2, 0) is 0 Å². The average molecular weight is 599 g/mol. The first-order valence-electron chi connectivity index (χ1n) is 17.2. The fraction of sp³-hybridized carbons (Fsp3) is 0.636. The molecule has 0 spiro atoms. The molecule has 2 aromatic carbocycles. The lowest BCUT2D eigenvalue weighted by Crippen LogP contribution is -2.42. The molecule has 2 aromatic rings. The molecule has 2 atom stereocenters. The molecule has 7 heteroatoms. The van der Waals surface area contributed by atoms with Crippen LogP contribution < -0.4 is 0 Å². The van der Waals surface area contributed by atoms with Crippen LogP contribution in [0.15, 0.2) is 48.5 Å². The van der Waals surface area contributed by atoms with E-state index in [0.29, 0.717) is 19.4 Å². The smallest absolute Gasteiger partial charge is 0.115 e. The Morgan fingerprint density at radius 3 is 1.38 bits per heavy atom. The molecule has 2 fully saturated rings. The van der Waals surface area contributed by atoms with E-state index >= 15 is 0 Å². The van der Waals surface area contributed by atoms with Crippen molar-refractivity contribution in [2.24, 2.45) is 0 Å². The van der Waals surface area contributed by atoms with E-state index in [1.807, 2.05) is 31.2 Å². The molecule has 228 valence electrons.